The van der Waals surface area contributed by atoms with Crippen LogP contribution in [0.2, 0.25) is 0 Å². The topological polar surface area (TPSA) is 143 Å². The van der Waals surface area contributed by atoms with Crippen LogP contribution in [-0.2, 0) is 10.1 Å². The molecule has 0 spiro atoms. The van der Waals surface area contributed by atoms with E-state index < -0.39 is 20.6 Å². The van der Waals surface area contributed by atoms with Crippen molar-refractivity contribution >= 4 is 21.5 Å². The molecule has 1 aromatic heterocycles. The van der Waals surface area contributed by atoms with E-state index in [-0.39, 0.29) is 11.4 Å². The summed E-state index contributed by atoms with van der Waals surface area (Å²) >= 11 is 0. The van der Waals surface area contributed by atoms with E-state index in [4.69, 9.17) is 10.3 Å². The number of anilines is 1. The average molecular weight is 283 g/mol. The molecule has 0 fully saturated rings. The van der Waals surface area contributed by atoms with Gasteiger partial charge in [-0.2, -0.15) is 8.42 Å². The molecule has 0 aliphatic rings. The maximum atomic E-state index is 11.2. The molecule has 0 amide bonds. The number of aromatic amines is 1. The van der Waals surface area contributed by atoms with Gasteiger partial charge in [0.2, 0.25) is 0 Å². The fourth-order valence-corrected chi connectivity index (χ4v) is 1.91. The van der Waals surface area contributed by atoms with Gasteiger partial charge in [0.25, 0.3) is 15.7 Å². The molecular formula is C9H9N5O4S. The largest absolute Gasteiger partial charge is 0.399 e. The Labute approximate surface area is 107 Å². The van der Waals surface area contributed by atoms with Gasteiger partial charge in [0, 0.05) is 18.0 Å². The Morgan fingerprint density at radius 1 is 1.32 bits per heavy atom. The second-order valence-corrected chi connectivity index (χ2v) is 4.89. The zero-order chi connectivity index (χ0) is 14.0. The zero-order valence-corrected chi connectivity index (χ0v) is 10.2. The fourth-order valence-electron chi connectivity index (χ4n) is 1.31. The van der Waals surface area contributed by atoms with Gasteiger partial charge in [-0.05, 0) is 23.4 Å². The molecule has 0 radical (unpaired) electrons. The normalized spacial score (nSPS) is 12.1. The molecule has 9 nitrogen and oxygen atoms in total. The lowest BCUT2D eigenvalue weighted by Crippen LogP contribution is -2.09. The number of hydrogen-bond donors (Lipinski definition) is 3. The Kier molecular flexibility index (Phi) is 3.19. The molecular weight excluding hydrogens is 274 g/mol. The molecule has 19 heavy (non-hydrogen) atoms. The molecule has 0 saturated carbocycles. The number of rotatable bonds is 3. The molecule has 2 aromatic rings. The first kappa shape index (κ1) is 13.0. The first-order chi connectivity index (χ1) is 8.88. The van der Waals surface area contributed by atoms with E-state index in [1.807, 2.05) is 0 Å². The third-order valence-electron chi connectivity index (χ3n) is 2.13. The number of benzene rings is 1. The summed E-state index contributed by atoms with van der Waals surface area (Å²) in [6.07, 6.45) is 1.34. The van der Waals surface area contributed by atoms with E-state index in [1.165, 1.54) is 24.4 Å². The van der Waals surface area contributed by atoms with Gasteiger partial charge in [0.15, 0.2) is 0 Å². The highest BCUT2D eigenvalue weighted by atomic mass is 32.2. The smallest absolute Gasteiger partial charge is 0.296 e. The number of nitrogens with two attached hydrogens (primary N) is 1. The minimum absolute atomic E-state index is 0.177. The van der Waals surface area contributed by atoms with Crippen LogP contribution < -0.4 is 11.3 Å². The van der Waals surface area contributed by atoms with E-state index >= 15 is 0 Å². The fraction of sp³-hybridized carbons (Fsp3) is 0. The van der Waals surface area contributed by atoms with Crippen molar-refractivity contribution < 1.29 is 13.0 Å². The quantitative estimate of drug-likeness (QED) is 0.428. The molecule has 0 bridgehead atoms. The Hall–Kier alpha value is -2.46. The third kappa shape index (κ3) is 2.86. The van der Waals surface area contributed by atoms with Crippen molar-refractivity contribution in [3.05, 3.63) is 40.8 Å². The predicted octanol–water partition coefficient (Wildman–Crippen LogP) is 0.552. The molecule has 1 aromatic carbocycles. The predicted molar refractivity (Wildman–Crippen MR) is 65.6 cm³/mol. The second kappa shape index (κ2) is 4.66. The number of nitrogen functional groups attached to an aromatic ring is 1. The Morgan fingerprint density at radius 2 is 2.05 bits per heavy atom. The van der Waals surface area contributed by atoms with Gasteiger partial charge in [-0.25, -0.2) is 0 Å². The van der Waals surface area contributed by atoms with Gasteiger partial charge < -0.3 is 5.73 Å². The number of hydrogen-bond acceptors (Lipinski definition) is 6. The van der Waals surface area contributed by atoms with Crippen LogP contribution in [0, 0.1) is 0 Å². The van der Waals surface area contributed by atoms with Gasteiger partial charge in [0.05, 0.1) is 0 Å². The summed E-state index contributed by atoms with van der Waals surface area (Å²) in [5, 5.41) is 9.52. The Balaban J connectivity index is 2.51. The number of nitrogens with zero attached hydrogens (tertiary/aromatic N) is 3. The molecule has 0 aliphatic heterocycles. The monoisotopic (exact) mass is 283 g/mol. The lowest BCUT2D eigenvalue weighted by Gasteiger charge is -2.02. The minimum Gasteiger partial charge on any atom is -0.399 e. The lowest BCUT2D eigenvalue weighted by atomic mass is 10.3. The van der Waals surface area contributed by atoms with Crippen molar-refractivity contribution in [1.29, 1.82) is 0 Å². The van der Waals surface area contributed by atoms with Crippen molar-refractivity contribution in [2.75, 3.05) is 5.73 Å². The zero-order valence-electron chi connectivity index (χ0n) is 9.39. The van der Waals surface area contributed by atoms with E-state index in [2.05, 4.69) is 15.4 Å². The maximum absolute atomic E-state index is 11.2. The third-order valence-corrected chi connectivity index (χ3v) is 3.04. The van der Waals surface area contributed by atoms with Gasteiger partial charge >= 0.3 is 0 Å². The van der Waals surface area contributed by atoms with Crippen LogP contribution in [0.5, 0.6) is 0 Å². The van der Waals surface area contributed by atoms with Crippen molar-refractivity contribution in [2.45, 2.75) is 4.90 Å². The second-order valence-electron chi connectivity index (χ2n) is 3.50. The van der Waals surface area contributed by atoms with Gasteiger partial charge in [-0.1, -0.05) is 0 Å². The molecule has 2 rings (SSSR count). The molecule has 0 aliphatic carbocycles. The van der Waals surface area contributed by atoms with Gasteiger partial charge in [-0.15, -0.1) is 9.91 Å². The van der Waals surface area contributed by atoms with E-state index in [1.54, 1.807) is 0 Å². The molecule has 4 N–H and O–H groups in total. The molecule has 0 saturated heterocycles. The summed E-state index contributed by atoms with van der Waals surface area (Å²) < 4.78 is 31.3. The van der Waals surface area contributed by atoms with E-state index in [9.17, 15) is 13.2 Å². The van der Waals surface area contributed by atoms with Crippen LogP contribution in [0.15, 0.2) is 50.5 Å². The summed E-state index contributed by atoms with van der Waals surface area (Å²) in [6.45, 7) is 0. The van der Waals surface area contributed by atoms with Crippen LogP contribution in [-0.4, -0.2) is 22.9 Å². The SMILES string of the molecule is Nc1ccc(S(=O)(=O)O)c(/N=N/n2[nH]ccc2=O)c1. The number of nitrogens with one attached hydrogen (secondary N) is 1. The summed E-state index contributed by atoms with van der Waals surface area (Å²) in [4.78, 5) is 11.5. The van der Waals surface area contributed by atoms with E-state index in [0.29, 0.717) is 0 Å². The number of H-pyrrole nitrogens is 1. The lowest BCUT2D eigenvalue weighted by molar-refractivity contribution is 0.483. The minimum atomic E-state index is -4.46. The molecule has 100 valence electrons. The summed E-state index contributed by atoms with van der Waals surface area (Å²) in [7, 11) is -4.46. The van der Waals surface area contributed by atoms with Gasteiger partial charge in [0.1, 0.15) is 10.6 Å². The first-order valence-electron chi connectivity index (χ1n) is 4.93. The maximum Gasteiger partial charge on any atom is 0.296 e. The van der Waals surface area contributed by atoms with Crippen molar-refractivity contribution in [3.63, 3.8) is 0 Å². The summed E-state index contributed by atoms with van der Waals surface area (Å²) in [6, 6.07) is 4.81. The van der Waals surface area contributed by atoms with Crippen LogP contribution in [0.25, 0.3) is 0 Å². The van der Waals surface area contributed by atoms with Crippen LogP contribution in [0.3, 0.4) is 0 Å². The highest BCUT2D eigenvalue weighted by molar-refractivity contribution is 7.86. The molecule has 0 unspecified atom stereocenters. The molecule has 10 heteroatoms. The van der Waals surface area contributed by atoms with Crippen molar-refractivity contribution in [2.24, 2.45) is 10.3 Å². The Bertz CT molecular complexity index is 789. The van der Waals surface area contributed by atoms with Crippen LogP contribution in [0.1, 0.15) is 0 Å². The molecule has 1 heterocycles. The molecule has 0 atom stereocenters. The standard InChI is InChI=1S/C9H9N5O4S/c10-6-1-2-8(19(16,17)18)7(5-6)12-13-14-9(15)3-4-11-14/h1-5,11H,10H2,(H,16,17,18)/b13-12+. The summed E-state index contributed by atoms with van der Waals surface area (Å²) in [5.41, 5.74) is 5.08. The van der Waals surface area contributed by atoms with Crippen molar-refractivity contribution in [3.8, 4) is 0 Å². The van der Waals surface area contributed by atoms with Crippen molar-refractivity contribution in [1.82, 2.24) is 9.89 Å². The highest BCUT2D eigenvalue weighted by Crippen LogP contribution is 2.26. The Morgan fingerprint density at radius 3 is 2.63 bits per heavy atom. The summed E-state index contributed by atoms with van der Waals surface area (Å²) in [5.74, 6) is 0. The first-order valence-corrected chi connectivity index (χ1v) is 6.37. The van der Waals surface area contributed by atoms with E-state index in [0.717, 1.165) is 10.9 Å². The average Bonchev–Trinajstić information content (AvgIpc) is 2.70. The number of aromatic nitrogens is 2. The van der Waals surface area contributed by atoms with Gasteiger partial charge in [-0.3, -0.25) is 14.4 Å². The highest BCUT2D eigenvalue weighted by Gasteiger charge is 2.15. The van der Waals surface area contributed by atoms with Crippen LogP contribution in [0.4, 0.5) is 11.4 Å². The van der Waals surface area contributed by atoms with Crippen LogP contribution >= 0.6 is 0 Å².